The monoisotopic (exact) mass is 326 g/mol. The number of amides is 1. The SMILES string of the molecule is CC(Sc1nc(N)nc(N)n1)C(=O)Nc1c(F)cccc1F. The number of hydrogen-bond donors (Lipinski definition) is 3. The summed E-state index contributed by atoms with van der Waals surface area (Å²) >= 11 is 0.932. The van der Waals surface area contributed by atoms with Crippen LogP contribution in [-0.2, 0) is 4.79 Å². The van der Waals surface area contributed by atoms with E-state index in [0.717, 1.165) is 23.9 Å². The van der Waals surface area contributed by atoms with Crippen LogP contribution in [0.25, 0.3) is 0 Å². The Morgan fingerprint density at radius 3 is 2.27 bits per heavy atom. The van der Waals surface area contributed by atoms with E-state index >= 15 is 0 Å². The number of nitrogens with zero attached hydrogens (tertiary/aromatic N) is 3. The highest BCUT2D eigenvalue weighted by Crippen LogP contribution is 2.23. The van der Waals surface area contributed by atoms with Crippen LogP contribution < -0.4 is 16.8 Å². The smallest absolute Gasteiger partial charge is 0.237 e. The molecule has 1 heterocycles. The zero-order chi connectivity index (χ0) is 16.3. The summed E-state index contributed by atoms with van der Waals surface area (Å²) in [6.07, 6.45) is 0. The molecule has 22 heavy (non-hydrogen) atoms. The van der Waals surface area contributed by atoms with Gasteiger partial charge in [-0.2, -0.15) is 15.0 Å². The normalized spacial score (nSPS) is 12.0. The number of anilines is 3. The number of thioether (sulfide) groups is 1. The summed E-state index contributed by atoms with van der Waals surface area (Å²) < 4.78 is 27.0. The number of carbonyl (C=O) groups excluding carboxylic acids is 1. The topological polar surface area (TPSA) is 120 Å². The summed E-state index contributed by atoms with van der Waals surface area (Å²) in [6, 6.07) is 3.29. The third-order valence-electron chi connectivity index (χ3n) is 2.51. The highest BCUT2D eigenvalue weighted by Gasteiger charge is 2.20. The Labute approximate surface area is 128 Å². The van der Waals surface area contributed by atoms with Gasteiger partial charge in [0.25, 0.3) is 0 Å². The second-order valence-electron chi connectivity index (χ2n) is 4.18. The summed E-state index contributed by atoms with van der Waals surface area (Å²) in [6.45, 7) is 1.52. The molecule has 0 saturated heterocycles. The number of nitrogens with one attached hydrogen (secondary N) is 1. The first-order valence-electron chi connectivity index (χ1n) is 6.05. The van der Waals surface area contributed by atoms with Crippen molar-refractivity contribution in [2.75, 3.05) is 16.8 Å². The molecule has 0 aliphatic rings. The molecule has 1 amide bonds. The molecule has 0 radical (unpaired) electrons. The van der Waals surface area contributed by atoms with E-state index in [4.69, 9.17) is 11.5 Å². The van der Waals surface area contributed by atoms with Gasteiger partial charge >= 0.3 is 0 Å². The van der Waals surface area contributed by atoms with E-state index in [9.17, 15) is 13.6 Å². The summed E-state index contributed by atoms with van der Waals surface area (Å²) in [5.74, 6) is -2.50. The third-order valence-corrected chi connectivity index (χ3v) is 3.47. The van der Waals surface area contributed by atoms with E-state index < -0.39 is 28.5 Å². The molecule has 1 unspecified atom stereocenters. The highest BCUT2D eigenvalue weighted by molar-refractivity contribution is 8.00. The minimum Gasteiger partial charge on any atom is -0.368 e. The molecule has 10 heteroatoms. The Morgan fingerprint density at radius 2 is 1.73 bits per heavy atom. The van der Waals surface area contributed by atoms with Gasteiger partial charge in [0, 0.05) is 0 Å². The Kier molecular flexibility index (Phi) is 4.71. The maximum Gasteiger partial charge on any atom is 0.237 e. The second kappa shape index (κ2) is 6.52. The molecule has 2 aromatic rings. The third kappa shape index (κ3) is 3.79. The summed E-state index contributed by atoms with van der Waals surface area (Å²) in [4.78, 5) is 23.2. The van der Waals surface area contributed by atoms with Crippen molar-refractivity contribution in [2.45, 2.75) is 17.3 Å². The number of benzene rings is 1. The van der Waals surface area contributed by atoms with Gasteiger partial charge in [0.2, 0.25) is 17.8 Å². The number of halogens is 2. The van der Waals surface area contributed by atoms with E-state index in [0.29, 0.717) is 0 Å². The minimum atomic E-state index is -0.862. The molecule has 0 spiro atoms. The van der Waals surface area contributed by atoms with Crippen LogP contribution >= 0.6 is 11.8 Å². The molecule has 0 aliphatic carbocycles. The van der Waals surface area contributed by atoms with Crippen molar-refractivity contribution in [1.82, 2.24) is 15.0 Å². The van der Waals surface area contributed by atoms with Crippen LogP contribution in [0.2, 0.25) is 0 Å². The molecule has 1 atom stereocenters. The van der Waals surface area contributed by atoms with E-state index in [1.54, 1.807) is 0 Å². The van der Waals surface area contributed by atoms with E-state index in [1.165, 1.54) is 13.0 Å². The summed E-state index contributed by atoms with van der Waals surface area (Å²) in [5, 5.41) is 1.59. The molecule has 0 bridgehead atoms. The molecule has 5 N–H and O–H groups in total. The van der Waals surface area contributed by atoms with E-state index in [-0.39, 0.29) is 17.1 Å². The van der Waals surface area contributed by atoms with Crippen LogP contribution in [0.1, 0.15) is 6.92 Å². The van der Waals surface area contributed by atoms with Gasteiger partial charge in [-0.1, -0.05) is 17.8 Å². The van der Waals surface area contributed by atoms with Gasteiger partial charge in [0.05, 0.1) is 5.25 Å². The van der Waals surface area contributed by atoms with Crippen LogP contribution in [0.15, 0.2) is 23.4 Å². The second-order valence-corrected chi connectivity index (χ2v) is 5.49. The molecule has 1 aromatic heterocycles. The van der Waals surface area contributed by atoms with Gasteiger partial charge < -0.3 is 16.8 Å². The van der Waals surface area contributed by atoms with Crippen LogP contribution in [-0.4, -0.2) is 26.1 Å². The average molecular weight is 326 g/mol. The Hall–Kier alpha value is -2.49. The zero-order valence-electron chi connectivity index (χ0n) is 11.4. The molecular weight excluding hydrogens is 314 g/mol. The molecule has 2 rings (SSSR count). The number of nitrogen functional groups attached to an aromatic ring is 2. The Bertz CT molecular complexity index is 674. The van der Waals surface area contributed by atoms with Gasteiger partial charge in [-0.3, -0.25) is 4.79 Å². The maximum absolute atomic E-state index is 13.5. The lowest BCUT2D eigenvalue weighted by Gasteiger charge is -2.12. The summed E-state index contributed by atoms with van der Waals surface area (Å²) in [7, 11) is 0. The molecule has 116 valence electrons. The first kappa shape index (κ1) is 15.9. The molecule has 1 aromatic carbocycles. The largest absolute Gasteiger partial charge is 0.368 e. The van der Waals surface area contributed by atoms with Crippen molar-refractivity contribution in [3.63, 3.8) is 0 Å². The lowest BCUT2D eigenvalue weighted by molar-refractivity contribution is -0.115. The van der Waals surface area contributed by atoms with Crippen molar-refractivity contribution in [1.29, 1.82) is 0 Å². The van der Waals surface area contributed by atoms with Gasteiger partial charge in [-0.05, 0) is 19.1 Å². The van der Waals surface area contributed by atoms with Crippen molar-refractivity contribution in [3.05, 3.63) is 29.8 Å². The van der Waals surface area contributed by atoms with Crippen molar-refractivity contribution < 1.29 is 13.6 Å². The number of rotatable bonds is 4. The van der Waals surface area contributed by atoms with Crippen LogP contribution in [0.4, 0.5) is 26.4 Å². The van der Waals surface area contributed by atoms with Crippen molar-refractivity contribution in [3.8, 4) is 0 Å². The fourth-order valence-corrected chi connectivity index (χ4v) is 2.27. The van der Waals surface area contributed by atoms with Crippen molar-refractivity contribution >= 4 is 35.3 Å². The van der Waals surface area contributed by atoms with Gasteiger partial charge in [0.1, 0.15) is 17.3 Å². The zero-order valence-corrected chi connectivity index (χ0v) is 12.2. The first-order chi connectivity index (χ1) is 10.4. The molecule has 0 saturated carbocycles. The van der Waals surface area contributed by atoms with Gasteiger partial charge in [-0.25, -0.2) is 8.78 Å². The van der Waals surface area contributed by atoms with Crippen LogP contribution in [0, 0.1) is 11.6 Å². The number of nitrogens with two attached hydrogens (primary N) is 2. The highest BCUT2D eigenvalue weighted by atomic mass is 32.2. The number of aromatic nitrogens is 3. The number of para-hydroxylation sites is 1. The minimum absolute atomic E-state index is 0.0808. The van der Waals surface area contributed by atoms with E-state index in [1.807, 2.05) is 0 Å². The lowest BCUT2D eigenvalue weighted by Crippen LogP contribution is -2.24. The van der Waals surface area contributed by atoms with E-state index in [2.05, 4.69) is 20.3 Å². The molecular formula is C12H12F2N6OS. The standard InChI is InChI=1S/C12H12F2N6OS/c1-5(22-12-19-10(15)18-11(16)20-12)9(21)17-8-6(13)3-2-4-7(8)14/h2-5H,1H3,(H,17,21)(H4,15,16,18,19,20). The predicted molar refractivity (Wildman–Crippen MR) is 79.0 cm³/mol. The fraction of sp³-hybridized carbons (Fsp3) is 0.167. The van der Waals surface area contributed by atoms with Gasteiger partial charge in [-0.15, -0.1) is 0 Å². The van der Waals surface area contributed by atoms with Crippen LogP contribution in [0.5, 0.6) is 0 Å². The quantitative estimate of drug-likeness (QED) is 0.727. The lowest BCUT2D eigenvalue weighted by atomic mass is 10.3. The summed E-state index contributed by atoms with van der Waals surface area (Å²) in [5.41, 5.74) is 10.3. The van der Waals surface area contributed by atoms with Gasteiger partial charge in [0.15, 0.2) is 5.16 Å². The molecule has 0 fully saturated rings. The average Bonchev–Trinajstić information content (AvgIpc) is 2.41. The maximum atomic E-state index is 13.5. The number of carbonyl (C=O) groups is 1. The molecule has 7 nitrogen and oxygen atoms in total. The Morgan fingerprint density at radius 1 is 1.18 bits per heavy atom. The first-order valence-corrected chi connectivity index (χ1v) is 6.93. The predicted octanol–water partition coefficient (Wildman–Crippen LogP) is 1.43. The Balaban J connectivity index is 2.09. The number of hydrogen-bond acceptors (Lipinski definition) is 7. The molecule has 0 aliphatic heterocycles. The van der Waals surface area contributed by atoms with Crippen molar-refractivity contribution in [2.24, 2.45) is 0 Å². The fourth-order valence-electron chi connectivity index (χ4n) is 1.49. The van der Waals surface area contributed by atoms with Crippen LogP contribution in [0.3, 0.4) is 0 Å².